The van der Waals surface area contributed by atoms with E-state index in [1.54, 1.807) is 0 Å². The van der Waals surface area contributed by atoms with Crippen molar-refractivity contribution in [2.75, 3.05) is 5.32 Å². The van der Waals surface area contributed by atoms with E-state index >= 15 is 0 Å². The topological polar surface area (TPSA) is 120 Å². The van der Waals surface area contributed by atoms with Gasteiger partial charge in [0.2, 0.25) is 0 Å². The summed E-state index contributed by atoms with van der Waals surface area (Å²) >= 11 is 0. The van der Waals surface area contributed by atoms with Crippen LogP contribution in [0.15, 0.2) is 36.5 Å². The Balaban J connectivity index is 2.33. The van der Waals surface area contributed by atoms with Gasteiger partial charge >= 0.3 is 5.97 Å². The Kier molecular flexibility index (Phi) is 3.52. The Hall–Kier alpha value is -3.09. The highest BCUT2D eigenvalue weighted by Crippen LogP contribution is 2.28. The highest BCUT2D eigenvalue weighted by Gasteiger charge is 2.17. The number of nitrogens with one attached hydrogen (secondary N) is 1. The van der Waals surface area contributed by atoms with Gasteiger partial charge in [-0.15, -0.1) is 0 Å². The van der Waals surface area contributed by atoms with Crippen LogP contribution in [0, 0.1) is 0 Å². The van der Waals surface area contributed by atoms with E-state index in [4.69, 9.17) is 5.11 Å². The van der Waals surface area contributed by atoms with Crippen LogP contribution in [0.4, 0.5) is 5.69 Å². The highest BCUT2D eigenvalue weighted by molar-refractivity contribution is 6.08. The van der Waals surface area contributed by atoms with Crippen LogP contribution >= 0.6 is 0 Å². The van der Waals surface area contributed by atoms with E-state index in [-0.39, 0.29) is 16.9 Å². The van der Waals surface area contributed by atoms with Crippen molar-refractivity contribution in [3.05, 3.63) is 47.8 Å². The summed E-state index contributed by atoms with van der Waals surface area (Å²) in [6.07, 6.45) is 1.28. The molecule has 0 unspecified atom stereocenters. The Morgan fingerprint density at radius 1 is 1.10 bits per heavy atom. The minimum absolute atomic E-state index is 0.00672. The molecule has 7 heteroatoms. The number of hydrogen-bond donors (Lipinski definition) is 4. The average molecular weight is 274 g/mol. The van der Waals surface area contributed by atoms with Gasteiger partial charge < -0.3 is 20.6 Å². The number of benzene rings is 1. The summed E-state index contributed by atoms with van der Waals surface area (Å²) < 4.78 is 0. The van der Waals surface area contributed by atoms with Gasteiger partial charge in [-0.1, -0.05) is 6.07 Å². The van der Waals surface area contributed by atoms with Crippen LogP contribution < -0.4 is 5.32 Å². The summed E-state index contributed by atoms with van der Waals surface area (Å²) in [7, 11) is 0. The standard InChI is InChI=1S/C13H10N2O5/c16-9-5-1-3-7(11(9)17)12(18)15-8-4-2-6-14-10(8)13(19)20/h1-6,16-17H,(H,15,18)(H,19,20). The monoisotopic (exact) mass is 274 g/mol. The number of amides is 1. The molecule has 0 atom stereocenters. The molecule has 2 aromatic rings. The third kappa shape index (κ3) is 2.51. The van der Waals surface area contributed by atoms with Crippen LogP contribution in [0.1, 0.15) is 20.8 Å². The van der Waals surface area contributed by atoms with Crippen molar-refractivity contribution in [3.8, 4) is 11.5 Å². The molecule has 102 valence electrons. The lowest BCUT2D eigenvalue weighted by Gasteiger charge is -2.09. The predicted molar refractivity (Wildman–Crippen MR) is 68.9 cm³/mol. The van der Waals surface area contributed by atoms with Crippen molar-refractivity contribution in [1.29, 1.82) is 0 Å². The van der Waals surface area contributed by atoms with Crippen molar-refractivity contribution in [2.45, 2.75) is 0 Å². The van der Waals surface area contributed by atoms with Crippen LogP contribution in [0.3, 0.4) is 0 Å². The van der Waals surface area contributed by atoms with E-state index < -0.39 is 23.4 Å². The van der Waals surface area contributed by atoms with Gasteiger partial charge in [0, 0.05) is 6.20 Å². The molecule has 0 saturated carbocycles. The first-order chi connectivity index (χ1) is 9.50. The van der Waals surface area contributed by atoms with E-state index in [2.05, 4.69) is 10.3 Å². The van der Waals surface area contributed by atoms with E-state index in [9.17, 15) is 19.8 Å². The summed E-state index contributed by atoms with van der Waals surface area (Å²) in [6, 6.07) is 6.73. The SMILES string of the molecule is O=C(Nc1cccnc1C(=O)O)c1cccc(O)c1O. The lowest BCUT2D eigenvalue weighted by Crippen LogP contribution is -2.15. The summed E-state index contributed by atoms with van der Waals surface area (Å²) in [5.41, 5.74) is -0.501. The quantitative estimate of drug-likeness (QED) is 0.629. The van der Waals surface area contributed by atoms with Crippen LogP contribution in [0.2, 0.25) is 0 Å². The molecule has 1 aromatic heterocycles. The van der Waals surface area contributed by atoms with Crippen LogP contribution in [0.5, 0.6) is 11.5 Å². The van der Waals surface area contributed by atoms with Crippen molar-refractivity contribution in [1.82, 2.24) is 4.98 Å². The first kappa shape index (κ1) is 13.3. The fourth-order valence-corrected chi connectivity index (χ4v) is 1.58. The van der Waals surface area contributed by atoms with Gasteiger partial charge in [-0.2, -0.15) is 0 Å². The van der Waals surface area contributed by atoms with E-state index in [0.29, 0.717) is 0 Å². The number of phenolic OH excluding ortho intramolecular Hbond substituents is 2. The number of carbonyl (C=O) groups excluding carboxylic acids is 1. The molecule has 0 fully saturated rings. The van der Waals surface area contributed by atoms with E-state index in [1.165, 1.54) is 36.5 Å². The van der Waals surface area contributed by atoms with Gasteiger partial charge in [-0.3, -0.25) is 4.79 Å². The molecule has 0 aliphatic carbocycles. The van der Waals surface area contributed by atoms with Crippen LogP contribution in [0.25, 0.3) is 0 Å². The van der Waals surface area contributed by atoms with E-state index in [0.717, 1.165) is 0 Å². The molecule has 4 N–H and O–H groups in total. The van der Waals surface area contributed by atoms with Gasteiger partial charge in [0.1, 0.15) is 0 Å². The number of para-hydroxylation sites is 1. The Morgan fingerprint density at radius 3 is 2.55 bits per heavy atom. The first-order valence-electron chi connectivity index (χ1n) is 5.51. The highest BCUT2D eigenvalue weighted by atomic mass is 16.4. The third-order valence-electron chi connectivity index (χ3n) is 2.52. The summed E-state index contributed by atoms with van der Waals surface area (Å²) in [5, 5.41) is 30.2. The van der Waals surface area contributed by atoms with Crippen molar-refractivity contribution >= 4 is 17.6 Å². The normalized spacial score (nSPS) is 10.0. The number of hydrogen-bond acceptors (Lipinski definition) is 5. The molecule has 0 spiro atoms. The molecule has 2 rings (SSSR count). The number of carboxylic acid groups (broad SMARTS) is 1. The van der Waals surface area contributed by atoms with Gasteiger partial charge in [-0.05, 0) is 24.3 Å². The zero-order chi connectivity index (χ0) is 14.7. The molecule has 0 aliphatic rings. The lowest BCUT2D eigenvalue weighted by molar-refractivity contribution is 0.0691. The van der Waals surface area contributed by atoms with Crippen molar-refractivity contribution in [3.63, 3.8) is 0 Å². The molecule has 0 bridgehead atoms. The number of pyridine rings is 1. The van der Waals surface area contributed by atoms with Gasteiger partial charge in [0.15, 0.2) is 17.2 Å². The minimum Gasteiger partial charge on any atom is -0.504 e. The fraction of sp³-hybridized carbons (Fsp3) is 0. The number of aromatic carboxylic acids is 1. The maximum Gasteiger partial charge on any atom is 0.356 e. The molecule has 1 heterocycles. The van der Waals surface area contributed by atoms with E-state index in [1.807, 2.05) is 0 Å². The molecule has 1 aromatic carbocycles. The smallest absolute Gasteiger partial charge is 0.356 e. The second-order valence-corrected chi connectivity index (χ2v) is 3.83. The molecular formula is C13H10N2O5. The number of carbonyl (C=O) groups is 2. The lowest BCUT2D eigenvalue weighted by atomic mass is 10.1. The molecule has 0 radical (unpaired) electrons. The Bertz CT molecular complexity index is 684. The van der Waals surface area contributed by atoms with Gasteiger partial charge in [0.25, 0.3) is 5.91 Å². The third-order valence-corrected chi connectivity index (χ3v) is 2.52. The molecular weight excluding hydrogens is 264 g/mol. The second kappa shape index (κ2) is 5.27. The number of rotatable bonds is 3. The van der Waals surface area contributed by atoms with Crippen LogP contribution in [-0.2, 0) is 0 Å². The number of carboxylic acids is 1. The summed E-state index contributed by atoms with van der Waals surface area (Å²) in [4.78, 5) is 26.6. The molecule has 1 amide bonds. The molecule has 0 aliphatic heterocycles. The zero-order valence-electron chi connectivity index (χ0n) is 10.1. The van der Waals surface area contributed by atoms with Gasteiger partial charge in [-0.25, -0.2) is 9.78 Å². The minimum atomic E-state index is -1.29. The second-order valence-electron chi connectivity index (χ2n) is 3.83. The van der Waals surface area contributed by atoms with Crippen molar-refractivity contribution < 1.29 is 24.9 Å². The number of aromatic nitrogens is 1. The predicted octanol–water partition coefficient (Wildman–Crippen LogP) is 1.44. The average Bonchev–Trinajstić information content (AvgIpc) is 2.42. The maximum absolute atomic E-state index is 12.0. The first-order valence-corrected chi connectivity index (χ1v) is 5.51. The largest absolute Gasteiger partial charge is 0.504 e. The van der Waals surface area contributed by atoms with Crippen molar-refractivity contribution in [2.24, 2.45) is 0 Å². The molecule has 7 nitrogen and oxygen atoms in total. The van der Waals surface area contributed by atoms with Gasteiger partial charge in [0.05, 0.1) is 11.3 Å². The summed E-state index contributed by atoms with van der Waals surface area (Å²) in [5.74, 6) is -3.07. The van der Waals surface area contributed by atoms with Crippen LogP contribution in [-0.4, -0.2) is 32.2 Å². The fourth-order valence-electron chi connectivity index (χ4n) is 1.58. The number of phenols is 2. The Morgan fingerprint density at radius 2 is 1.85 bits per heavy atom. The molecule has 20 heavy (non-hydrogen) atoms. The Labute approximate surface area is 113 Å². The number of anilines is 1. The number of aromatic hydroxyl groups is 2. The molecule has 0 saturated heterocycles. The number of nitrogens with zero attached hydrogens (tertiary/aromatic N) is 1. The zero-order valence-corrected chi connectivity index (χ0v) is 10.1. The summed E-state index contributed by atoms with van der Waals surface area (Å²) in [6.45, 7) is 0. The maximum atomic E-state index is 12.0.